The van der Waals surface area contributed by atoms with Crippen molar-refractivity contribution in [3.63, 3.8) is 0 Å². The van der Waals surface area contributed by atoms with E-state index in [0.29, 0.717) is 30.3 Å². The number of hydrogen-bond acceptors (Lipinski definition) is 5. The Bertz CT molecular complexity index is 1520. The predicted molar refractivity (Wildman–Crippen MR) is 183 cm³/mol. The largest absolute Gasteiger partial charge is 0.487 e. The van der Waals surface area contributed by atoms with Crippen LogP contribution in [0.4, 0.5) is 0 Å². The van der Waals surface area contributed by atoms with Gasteiger partial charge in [0, 0.05) is 19.6 Å². The number of aliphatic carboxylic acids is 1. The number of likely N-dealkylation sites (tertiary alicyclic amines) is 2. The minimum Gasteiger partial charge on any atom is -0.487 e. The number of nitrogens with zero attached hydrogens (tertiary/aromatic N) is 2. The van der Waals surface area contributed by atoms with Crippen LogP contribution in [0, 0.1) is 20.8 Å². The molecule has 2 saturated heterocycles. The van der Waals surface area contributed by atoms with Crippen LogP contribution < -0.4 is 4.74 Å². The van der Waals surface area contributed by atoms with Crippen molar-refractivity contribution in [1.29, 1.82) is 0 Å². The van der Waals surface area contributed by atoms with E-state index in [0.717, 1.165) is 75.0 Å². The molecule has 2 unspecified atom stereocenters. The molecule has 0 spiro atoms. The van der Waals surface area contributed by atoms with E-state index >= 15 is 0 Å². The van der Waals surface area contributed by atoms with E-state index in [1.54, 1.807) is 0 Å². The lowest BCUT2D eigenvalue weighted by molar-refractivity contribution is -0.144. The minimum absolute atomic E-state index is 0.183. The van der Waals surface area contributed by atoms with Gasteiger partial charge in [0.15, 0.2) is 0 Å². The van der Waals surface area contributed by atoms with E-state index < -0.39 is 12.0 Å². The summed E-state index contributed by atoms with van der Waals surface area (Å²) in [6, 6.07) is 16.3. The maximum absolute atomic E-state index is 11.8. The van der Waals surface area contributed by atoms with Crippen LogP contribution in [-0.2, 0) is 17.9 Å². The fourth-order valence-corrected chi connectivity index (χ4v) is 7.01. The standard InChI is InChI=1S/C38H47ClN2O4/c1-26-21-37(35(39)22-31(26)23-41-20-7-5-17-36(41)38(43)44)45-25-30-13-9-16-34(28(30)3)33-15-8-12-29(27(33)2)11-4-6-18-40-19-10-14-32(42)24-40/h4,8-9,11-13,15-16,21-22,32,36,42H,5-7,10,14,17-20,23-25H2,1-3H3,(H,43,44)/b11-4+. The normalized spacial score (nSPS) is 19.7. The molecule has 2 N–H and O–H groups in total. The van der Waals surface area contributed by atoms with Gasteiger partial charge in [-0.05, 0) is 123 Å². The van der Waals surface area contributed by atoms with Crippen molar-refractivity contribution in [2.75, 3.05) is 26.2 Å². The number of piperidine rings is 2. The molecule has 0 aromatic heterocycles. The van der Waals surface area contributed by atoms with Gasteiger partial charge in [-0.15, -0.1) is 0 Å². The molecule has 45 heavy (non-hydrogen) atoms. The number of hydrogen-bond donors (Lipinski definition) is 2. The second kappa shape index (κ2) is 15.4. The van der Waals surface area contributed by atoms with Crippen molar-refractivity contribution in [3.8, 4) is 16.9 Å². The Morgan fingerprint density at radius 2 is 1.76 bits per heavy atom. The first-order valence-electron chi connectivity index (χ1n) is 16.4. The van der Waals surface area contributed by atoms with Gasteiger partial charge in [0.25, 0.3) is 0 Å². The van der Waals surface area contributed by atoms with E-state index in [4.69, 9.17) is 16.3 Å². The molecule has 2 heterocycles. The van der Waals surface area contributed by atoms with E-state index in [1.165, 1.54) is 27.8 Å². The Hall–Kier alpha value is -3.16. The van der Waals surface area contributed by atoms with Gasteiger partial charge in [0.1, 0.15) is 18.4 Å². The van der Waals surface area contributed by atoms with Crippen molar-refractivity contribution in [2.24, 2.45) is 0 Å². The van der Waals surface area contributed by atoms with Crippen LogP contribution in [0.3, 0.4) is 0 Å². The monoisotopic (exact) mass is 630 g/mol. The topological polar surface area (TPSA) is 73.2 Å². The van der Waals surface area contributed by atoms with E-state index in [-0.39, 0.29) is 6.10 Å². The van der Waals surface area contributed by atoms with Crippen molar-refractivity contribution in [1.82, 2.24) is 9.80 Å². The van der Waals surface area contributed by atoms with Crippen molar-refractivity contribution in [3.05, 3.63) is 93.0 Å². The molecule has 0 amide bonds. The maximum atomic E-state index is 11.8. The lowest BCUT2D eigenvalue weighted by Gasteiger charge is -2.33. The van der Waals surface area contributed by atoms with Gasteiger partial charge >= 0.3 is 5.97 Å². The Labute approximate surface area is 273 Å². The number of rotatable bonds is 11. The van der Waals surface area contributed by atoms with Gasteiger partial charge in [-0.25, -0.2) is 0 Å². The first-order valence-corrected chi connectivity index (χ1v) is 16.7. The van der Waals surface area contributed by atoms with Gasteiger partial charge < -0.3 is 19.8 Å². The summed E-state index contributed by atoms with van der Waals surface area (Å²) in [7, 11) is 0. The average molecular weight is 631 g/mol. The van der Waals surface area contributed by atoms with E-state index in [9.17, 15) is 15.0 Å². The molecule has 0 bridgehead atoms. The summed E-state index contributed by atoms with van der Waals surface area (Å²) in [5, 5.41) is 20.1. The number of β-amino-alcohol motifs (C(OH)–C–C–N with tert-alkyl or cyclic N) is 1. The van der Waals surface area contributed by atoms with Crippen molar-refractivity contribution < 1.29 is 19.7 Å². The number of halogens is 1. The minimum atomic E-state index is -0.750. The highest BCUT2D eigenvalue weighted by molar-refractivity contribution is 6.32. The van der Waals surface area contributed by atoms with Gasteiger partial charge in [-0.2, -0.15) is 0 Å². The third-order valence-corrected chi connectivity index (χ3v) is 9.84. The molecular weight excluding hydrogens is 584 g/mol. The van der Waals surface area contributed by atoms with Crippen LogP contribution in [0.5, 0.6) is 5.75 Å². The molecule has 3 aromatic carbocycles. The number of aryl methyl sites for hydroxylation is 1. The third-order valence-electron chi connectivity index (χ3n) is 9.55. The fraction of sp³-hybridized carbons (Fsp3) is 0.447. The van der Waals surface area contributed by atoms with E-state index in [2.05, 4.69) is 67.3 Å². The zero-order chi connectivity index (χ0) is 31.9. The summed E-state index contributed by atoms with van der Waals surface area (Å²) in [6.07, 6.45) is 9.90. The average Bonchev–Trinajstić information content (AvgIpc) is 3.02. The zero-order valence-corrected chi connectivity index (χ0v) is 27.7. The van der Waals surface area contributed by atoms with Gasteiger partial charge in [-0.1, -0.05) is 66.6 Å². The highest BCUT2D eigenvalue weighted by atomic mass is 35.5. The smallest absolute Gasteiger partial charge is 0.320 e. The molecule has 2 atom stereocenters. The summed E-state index contributed by atoms with van der Waals surface area (Å²) < 4.78 is 6.29. The molecule has 5 rings (SSSR count). The van der Waals surface area contributed by atoms with Gasteiger partial charge in [-0.3, -0.25) is 9.69 Å². The number of carboxylic acids is 1. The number of aliphatic hydroxyl groups is 1. The Morgan fingerprint density at radius 1 is 0.978 bits per heavy atom. The van der Waals surface area contributed by atoms with Crippen molar-refractivity contribution in [2.45, 2.75) is 84.6 Å². The van der Waals surface area contributed by atoms with Crippen LogP contribution in [-0.4, -0.2) is 64.3 Å². The first-order chi connectivity index (χ1) is 21.7. The summed E-state index contributed by atoms with van der Waals surface area (Å²) in [5.74, 6) is -0.113. The van der Waals surface area contributed by atoms with Crippen LogP contribution in [0.25, 0.3) is 17.2 Å². The van der Waals surface area contributed by atoms with Crippen LogP contribution in [0.15, 0.2) is 54.6 Å². The molecule has 0 radical (unpaired) electrons. The third kappa shape index (κ3) is 8.36. The zero-order valence-electron chi connectivity index (χ0n) is 26.9. The second-order valence-corrected chi connectivity index (χ2v) is 13.1. The molecule has 2 aliphatic rings. The molecular formula is C38H47ClN2O4. The lowest BCUT2D eigenvalue weighted by Crippen LogP contribution is -2.44. The van der Waals surface area contributed by atoms with Crippen LogP contribution in [0.1, 0.15) is 71.9 Å². The highest BCUT2D eigenvalue weighted by Gasteiger charge is 2.28. The number of carboxylic acid groups (broad SMARTS) is 1. The van der Waals surface area contributed by atoms with Crippen LogP contribution in [0.2, 0.25) is 5.02 Å². The maximum Gasteiger partial charge on any atom is 0.320 e. The van der Waals surface area contributed by atoms with Gasteiger partial charge in [0.2, 0.25) is 0 Å². The molecule has 2 fully saturated rings. The molecule has 2 aliphatic heterocycles. The van der Waals surface area contributed by atoms with E-state index in [1.807, 2.05) is 24.0 Å². The number of carbonyl (C=O) groups is 1. The number of aliphatic hydroxyl groups excluding tert-OH is 1. The quantitative estimate of drug-likeness (QED) is 0.225. The summed E-state index contributed by atoms with van der Waals surface area (Å²) >= 11 is 6.71. The molecule has 0 saturated carbocycles. The SMILES string of the molecule is Cc1cc(OCc2cccc(-c3cccc(/C=C/CCN4CCCC(O)C4)c3C)c2C)c(Cl)cc1CN1CCCCC1C(=O)O. The summed E-state index contributed by atoms with van der Waals surface area (Å²) in [6.45, 7) is 11.0. The fourth-order valence-electron chi connectivity index (χ4n) is 6.77. The Morgan fingerprint density at radius 3 is 2.53 bits per heavy atom. The molecule has 3 aromatic rings. The molecule has 240 valence electrons. The summed E-state index contributed by atoms with van der Waals surface area (Å²) in [4.78, 5) is 16.2. The Kier molecular flexibility index (Phi) is 11.4. The van der Waals surface area contributed by atoms with Crippen LogP contribution >= 0.6 is 11.6 Å². The van der Waals surface area contributed by atoms with Gasteiger partial charge in [0.05, 0.1) is 11.1 Å². The first kappa shape index (κ1) is 33.2. The Balaban J connectivity index is 1.25. The molecule has 6 nitrogen and oxygen atoms in total. The number of benzene rings is 3. The molecule has 7 heteroatoms. The second-order valence-electron chi connectivity index (χ2n) is 12.7. The summed E-state index contributed by atoms with van der Waals surface area (Å²) in [5.41, 5.74) is 9.23. The molecule has 0 aliphatic carbocycles. The highest BCUT2D eigenvalue weighted by Crippen LogP contribution is 2.34. The van der Waals surface area contributed by atoms with Crippen molar-refractivity contribution >= 4 is 23.6 Å². The lowest BCUT2D eigenvalue weighted by atomic mass is 9.91. The number of ether oxygens (including phenoxy) is 1. The predicted octanol–water partition coefficient (Wildman–Crippen LogP) is 7.81.